The minimum atomic E-state index is -4.77. The van der Waals surface area contributed by atoms with Gasteiger partial charge in [0.25, 0.3) is 0 Å². The highest BCUT2D eigenvalue weighted by Gasteiger charge is 2.31. The van der Waals surface area contributed by atoms with E-state index in [4.69, 9.17) is 4.74 Å². The summed E-state index contributed by atoms with van der Waals surface area (Å²) in [5.41, 5.74) is 1.02. The van der Waals surface area contributed by atoms with Gasteiger partial charge in [0.1, 0.15) is 12.1 Å². The van der Waals surface area contributed by atoms with Crippen molar-refractivity contribution in [1.29, 1.82) is 0 Å². The summed E-state index contributed by atoms with van der Waals surface area (Å²) in [6, 6.07) is 14.7. The van der Waals surface area contributed by atoms with Gasteiger partial charge in [0, 0.05) is 12.1 Å². The topological polar surface area (TPSA) is 69.5 Å². The van der Waals surface area contributed by atoms with Gasteiger partial charge in [-0.15, -0.1) is 18.3 Å². The van der Waals surface area contributed by atoms with E-state index in [2.05, 4.69) is 14.8 Å². The first-order valence-electron chi connectivity index (χ1n) is 9.82. The molecule has 3 rings (SSSR count). The largest absolute Gasteiger partial charge is 0.573 e. The van der Waals surface area contributed by atoms with Crippen LogP contribution in [0.25, 0.3) is 5.69 Å². The van der Waals surface area contributed by atoms with Gasteiger partial charge in [0.2, 0.25) is 0 Å². The van der Waals surface area contributed by atoms with Crippen LogP contribution in [-0.4, -0.2) is 44.2 Å². The van der Waals surface area contributed by atoms with Crippen LogP contribution in [0, 0.1) is 0 Å². The molecule has 1 aromatic heterocycles. The van der Waals surface area contributed by atoms with E-state index in [0.717, 1.165) is 17.7 Å². The predicted molar refractivity (Wildman–Crippen MR) is 111 cm³/mol. The van der Waals surface area contributed by atoms with Crippen molar-refractivity contribution >= 4 is 6.09 Å². The zero-order chi connectivity index (χ0) is 23.4. The summed E-state index contributed by atoms with van der Waals surface area (Å²) in [5, 5.41) is 4.08. The highest BCUT2D eigenvalue weighted by atomic mass is 19.4. The third kappa shape index (κ3) is 6.47. The highest BCUT2D eigenvalue weighted by molar-refractivity contribution is 5.70. The van der Waals surface area contributed by atoms with Crippen molar-refractivity contribution in [3.05, 3.63) is 66.5 Å². The molecule has 0 aliphatic carbocycles. The summed E-state index contributed by atoms with van der Waals surface area (Å²) in [6.45, 7) is 6.13. The van der Waals surface area contributed by atoms with Crippen LogP contribution in [0.5, 0.6) is 11.8 Å². The molecule has 1 amide bonds. The molecule has 0 saturated heterocycles. The second-order valence-electron chi connectivity index (χ2n) is 7.94. The molecule has 0 aliphatic rings. The molecule has 0 spiro atoms. The van der Waals surface area contributed by atoms with Crippen molar-refractivity contribution in [3.63, 3.8) is 0 Å². The number of amides is 1. The van der Waals surface area contributed by atoms with Crippen LogP contribution in [-0.2, 0) is 6.42 Å². The quantitative estimate of drug-likeness (QED) is 0.530. The first-order valence-corrected chi connectivity index (χ1v) is 9.82. The number of hydrogen-bond acceptors (Lipinski definition) is 5. The lowest BCUT2D eigenvalue weighted by molar-refractivity contribution is -0.274. The summed E-state index contributed by atoms with van der Waals surface area (Å²) in [4.78, 5) is 18.4. The number of carbonyl (C=O) groups excluding carboxylic acids is 1. The van der Waals surface area contributed by atoms with E-state index in [1.54, 1.807) is 4.90 Å². The Hall–Kier alpha value is -3.56. The minimum Gasteiger partial charge on any atom is -0.406 e. The molecule has 170 valence electrons. The van der Waals surface area contributed by atoms with E-state index in [-0.39, 0.29) is 11.8 Å². The lowest BCUT2D eigenvalue weighted by atomic mass is 10.1. The number of ether oxygens (including phenoxy) is 2. The van der Waals surface area contributed by atoms with Crippen molar-refractivity contribution in [2.24, 2.45) is 0 Å². The van der Waals surface area contributed by atoms with Gasteiger partial charge in [-0.05, 0) is 57.0 Å². The number of halogens is 3. The monoisotopic (exact) mass is 448 g/mol. The van der Waals surface area contributed by atoms with Crippen LogP contribution >= 0.6 is 0 Å². The van der Waals surface area contributed by atoms with Gasteiger partial charge in [-0.2, -0.15) is 4.98 Å². The Bertz CT molecular complexity index is 1030. The Labute approximate surface area is 183 Å². The first kappa shape index (κ1) is 23.1. The van der Waals surface area contributed by atoms with E-state index in [0.29, 0.717) is 18.7 Å². The summed E-state index contributed by atoms with van der Waals surface area (Å²) in [6.07, 6.45) is -3.41. The zero-order valence-electron chi connectivity index (χ0n) is 17.8. The second kappa shape index (κ2) is 9.29. The molecule has 0 fully saturated rings. The van der Waals surface area contributed by atoms with Crippen molar-refractivity contribution in [2.75, 3.05) is 6.54 Å². The number of carbonyl (C=O) groups is 1. The molecule has 0 bridgehead atoms. The molecule has 0 aliphatic heterocycles. The van der Waals surface area contributed by atoms with Crippen LogP contribution in [0.15, 0.2) is 60.9 Å². The van der Waals surface area contributed by atoms with Gasteiger partial charge >= 0.3 is 18.5 Å². The van der Waals surface area contributed by atoms with E-state index < -0.39 is 18.0 Å². The Kier molecular flexibility index (Phi) is 6.71. The van der Waals surface area contributed by atoms with Crippen LogP contribution in [0.3, 0.4) is 0 Å². The molecule has 0 saturated carbocycles. The Morgan fingerprint density at radius 2 is 1.69 bits per heavy atom. The lowest BCUT2D eigenvalue weighted by Gasteiger charge is -2.34. The molecule has 2 aromatic carbocycles. The SMILES string of the molecule is CC(C)(C)N(CCc1ccccc1)C(=O)Oc1ncn(-c2ccc(OC(F)(F)F)cc2)n1. The normalized spacial score (nSPS) is 11.8. The zero-order valence-corrected chi connectivity index (χ0v) is 17.8. The summed E-state index contributed by atoms with van der Waals surface area (Å²) < 4.78 is 47.3. The highest BCUT2D eigenvalue weighted by Crippen LogP contribution is 2.24. The van der Waals surface area contributed by atoms with E-state index >= 15 is 0 Å². The van der Waals surface area contributed by atoms with E-state index in [9.17, 15) is 18.0 Å². The van der Waals surface area contributed by atoms with Crippen LogP contribution in [0.1, 0.15) is 26.3 Å². The molecule has 0 radical (unpaired) electrons. The molecular weight excluding hydrogens is 425 g/mol. The maximum Gasteiger partial charge on any atom is 0.573 e. The molecule has 7 nitrogen and oxygen atoms in total. The van der Waals surface area contributed by atoms with Crippen molar-refractivity contribution in [2.45, 2.75) is 39.1 Å². The number of rotatable bonds is 6. The smallest absolute Gasteiger partial charge is 0.406 e. The van der Waals surface area contributed by atoms with Crippen LogP contribution < -0.4 is 9.47 Å². The molecule has 3 aromatic rings. The Morgan fingerprint density at radius 3 is 2.28 bits per heavy atom. The summed E-state index contributed by atoms with van der Waals surface area (Å²) >= 11 is 0. The third-order valence-corrected chi connectivity index (χ3v) is 4.48. The average Bonchev–Trinajstić information content (AvgIpc) is 3.15. The van der Waals surface area contributed by atoms with Crippen molar-refractivity contribution < 1.29 is 27.4 Å². The molecule has 0 atom stereocenters. The number of nitrogens with zero attached hydrogens (tertiary/aromatic N) is 4. The van der Waals surface area contributed by atoms with Gasteiger partial charge in [0.05, 0.1) is 5.69 Å². The van der Waals surface area contributed by atoms with E-state index in [1.807, 2.05) is 51.1 Å². The molecular formula is C22H23F3N4O3. The van der Waals surface area contributed by atoms with Crippen molar-refractivity contribution in [3.8, 4) is 17.4 Å². The van der Waals surface area contributed by atoms with Gasteiger partial charge in [-0.1, -0.05) is 30.3 Å². The van der Waals surface area contributed by atoms with Gasteiger partial charge in [0.15, 0.2) is 0 Å². The van der Waals surface area contributed by atoms with Crippen molar-refractivity contribution in [1.82, 2.24) is 19.7 Å². The number of hydrogen-bond donors (Lipinski definition) is 0. The number of aromatic nitrogens is 3. The van der Waals surface area contributed by atoms with Crippen LogP contribution in [0.2, 0.25) is 0 Å². The maximum atomic E-state index is 12.8. The maximum absolute atomic E-state index is 12.8. The Morgan fingerprint density at radius 1 is 1.03 bits per heavy atom. The standard InChI is InChI=1S/C22H23F3N4O3/c1-21(2,3)28(14-13-16-7-5-4-6-8-16)20(30)31-19-26-15-29(27-19)17-9-11-18(12-10-17)32-22(23,24)25/h4-12,15H,13-14H2,1-3H3. The summed E-state index contributed by atoms with van der Waals surface area (Å²) in [5.74, 6) is -0.354. The Balaban J connectivity index is 1.66. The fraction of sp³-hybridized carbons (Fsp3) is 0.318. The molecule has 0 unspecified atom stereocenters. The number of benzene rings is 2. The molecule has 10 heteroatoms. The second-order valence-corrected chi connectivity index (χ2v) is 7.94. The lowest BCUT2D eigenvalue weighted by Crippen LogP contribution is -2.48. The fourth-order valence-electron chi connectivity index (χ4n) is 2.94. The third-order valence-electron chi connectivity index (χ3n) is 4.48. The van der Waals surface area contributed by atoms with Crippen LogP contribution in [0.4, 0.5) is 18.0 Å². The van der Waals surface area contributed by atoms with Gasteiger partial charge < -0.3 is 14.4 Å². The fourth-order valence-corrected chi connectivity index (χ4v) is 2.94. The first-order chi connectivity index (χ1) is 15.0. The average molecular weight is 448 g/mol. The predicted octanol–water partition coefficient (Wildman–Crippen LogP) is 5.01. The molecule has 32 heavy (non-hydrogen) atoms. The number of alkyl halides is 3. The van der Waals surface area contributed by atoms with Gasteiger partial charge in [-0.3, -0.25) is 0 Å². The van der Waals surface area contributed by atoms with E-state index in [1.165, 1.54) is 23.1 Å². The summed E-state index contributed by atoms with van der Waals surface area (Å²) in [7, 11) is 0. The molecule has 1 heterocycles. The van der Waals surface area contributed by atoms with Gasteiger partial charge in [-0.25, -0.2) is 9.48 Å². The minimum absolute atomic E-state index is 0.167. The molecule has 0 N–H and O–H groups in total.